The van der Waals surface area contributed by atoms with Crippen molar-refractivity contribution < 1.29 is 9.18 Å². The molecule has 1 aromatic carbocycles. The van der Waals surface area contributed by atoms with E-state index in [9.17, 15) is 9.18 Å². The van der Waals surface area contributed by atoms with Gasteiger partial charge >= 0.3 is 0 Å². The first-order valence-electron chi connectivity index (χ1n) is 11.1. The number of carbonyl (C=O) groups is 1. The maximum atomic E-state index is 14.4. The molecule has 3 aromatic rings. The normalized spacial score (nSPS) is 15.1. The van der Waals surface area contributed by atoms with E-state index in [-0.39, 0.29) is 17.6 Å². The molecule has 1 aliphatic heterocycles. The van der Waals surface area contributed by atoms with Crippen molar-refractivity contribution in [2.75, 3.05) is 10.6 Å². The van der Waals surface area contributed by atoms with Gasteiger partial charge < -0.3 is 21.3 Å². The molecule has 0 bridgehead atoms. The molecule has 170 valence electrons. The molecule has 0 saturated heterocycles. The van der Waals surface area contributed by atoms with Gasteiger partial charge in [-0.05, 0) is 62.1 Å². The van der Waals surface area contributed by atoms with Crippen LogP contribution in [0.3, 0.4) is 0 Å². The van der Waals surface area contributed by atoms with Crippen LogP contribution in [0.4, 0.5) is 27.7 Å². The van der Waals surface area contributed by atoms with Crippen molar-refractivity contribution in [1.29, 1.82) is 0 Å². The zero-order chi connectivity index (χ0) is 23.0. The number of amides is 1. The first-order valence-corrected chi connectivity index (χ1v) is 11.1. The van der Waals surface area contributed by atoms with Crippen LogP contribution in [0.15, 0.2) is 42.6 Å². The van der Waals surface area contributed by atoms with E-state index in [0.717, 1.165) is 31.6 Å². The van der Waals surface area contributed by atoms with Crippen LogP contribution in [0.1, 0.15) is 53.9 Å². The lowest BCUT2D eigenvalue weighted by Crippen LogP contribution is -2.26. The monoisotopic (exact) mass is 447 g/mol. The molecule has 0 atom stereocenters. The number of nitrogens with one attached hydrogen (secondary N) is 4. The van der Waals surface area contributed by atoms with Gasteiger partial charge in [-0.2, -0.15) is 4.98 Å². The second-order valence-electron chi connectivity index (χ2n) is 8.92. The SMILES string of the molecule is CC(C)(F)c1cccc(Nc2nc(Nc3ccc4c(c3)CNC4)ncc2C(=O)NC2CC2)n1. The van der Waals surface area contributed by atoms with Crippen molar-refractivity contribution in [2.24, 2.45) is 0 Å². The van der Waals surface area contributed by atoms with Gasteiger partial charge in [-0.3, -0.25) is 4.79 Å². The van der Waals surface area contributed by atoms with Crippen LogP contribution < -0.4 is 21.3 Å². The van der Waals surface area contributed by atoms with Crippen molar-refractivity contribution in [3.05, 3.63) is 65.0 Å². The van der Waals surface area contributed by atoms with Gasteiger partial charge in [0.25, 0.3) is 5.91 Å². The van der Waals surface area contributed by atoms with E-state index in [2.05, 4.69) is 48.4 Å². The molecule has 33 heavy (non-hydrogen) atoms. The Hall–Kier alpha value is -3.59. The van der Waals surface area contributed by atoms with Gasteiger partial charge in [-0.25, -0.2) is 14.4 Å². The summed E-state index contributed by atoms with van der Waals surface area (Å²) in [5, 5.41) is 12.6. The molecule has 1 amide bonds. The minimum atomic E-state index is -1.59. The van der Waals surface area contributed by atoms with Crippen LogP contribution in [-0.2, 0) is 18.8 Å². The van der Waals surface area contributed by atoms with Crippen LogP contribution in [-0.4, -0.2) is 26.9 Å². The number of pyridine rings is 1. The largest absolute Gasteiger partial charge is 0.349 e. The van der Waals surface area contributed by atoms with Gasteiger partial charge in [0, 0.05) is 31.0 Å². The fraction of sp³-hybridized carbons (Fsp3) is 0.333. The summed E-state index contributed by atoms with van der Waals surface area (Å²) in [4.78, 5) is 26.1. The summed E-state index contributed by atoms with van der Waals surface area (Å²) in [5.41, 5.74) is 2.36. The molecule has 1 saturated carbocycles. The Balaban J connectivity index is 1.44. The molecule has 0 radical (unpaired) electrons. The predicted molar refractivity (Wildman–Crippen MR) is 124 cm³/mol. The number of fused-ring (bicyclic) bond motifs is 1. The molecule has 0 unspecified atom stereocenters. The standard InChI is InChI=1S/C24H26FN7O/c1-24(2,25)19-4-3-5-20(30-19)31-21-18(22(33)28-16-8-9-16)13-27-23(32-21)29-17-7-6-14-11-26-12-15(14)10-17/h3-7,10,13,16,26H,8-9,11-12H2,1-2H3,(H,28,33)(H2,27,29,30,31,32). The number of halogens is 1. The first kappa shape index (κ1) is 21.3. The summed E-state index contributed by atoms with van der Waals surface area (Å²) < 4.78 is 14.4. The Labute approximate surface area is 191 Å². The van der Waals surface area contributed by atoms with E-state index in [1.165, 1.54) is 31.2 Å². The number of hydrogen-bond acceptors (Lipinski definition) is 7. The molecule has 9 heteroatoms. The van der Waals surface area contributed by atoms with Crippen LogP contribution in [0.2, 0.25) is 0 Å². The smallest absolute Gasteiger partial charge is 0.256 e. The fourth-order valence-corrected chi connectivity index (χ4v) is 3.65. The topological polar surface area (TPSA) is 104 Å². The third kappa shape index (κ3) is 4.93. The molecule has 2 aliphatic rings. The van der Waals surface area contributed by atoms with E-state index in [0.29, 0.717) is 23.1 Å². The number of hydrogen-bond donors (Lipinski definition) is 4. The lowest BCUT2D eigenvalue weighted by Gasteiger charge is -2.16. The number of alkyl halides is 1. The molecule has 4 N–H and O–H groups in total. The van der Waals surface area contributed by atoms with Gasteiger partial charge in [-0.15, -0.1) is 0 Å². The molecule has 1 aliphatic carbocycles. The van der Waals surface area contributed by atoms with Crippen molar-refractivity contribution in [3.63, 3.8) is 0 Å². The van der Waals surface area contributed by atoms with Crippen molar-refractivity contribution >= 4 is 29.2 Å². The zero-order valence-electron chi connectivity index (χ0n) is 18.6. The quantitative estimate of drug-likeness (QED) is 0.433. The maximum absolute atomic E-state index is 14.4. The summed E-state index contributed by atoms with van der Waals surface area (Å²) >= 11 is 0. The van der Waals surface area contributed by atoms with Crippen molar-refractivity contribution in [3.8, 4) is 0 Å². The minimum Gasteiger partial charge on any atom is -0.349 e. The molecular formula is C24H26FN7O. The van der Waals surface area contributed by atoms with E-state index in [1.807, 2.05) is 6.07 Å². The number of nitrogens with zero attached hydrogens (tertiary/aromatic N) is 3. The Kier molecular flexibility index (Phi) is 5.41. The Morgan fingerprint density at radius 2 is 1.91 bits per heavy atom. The van der Waals surface area contributed by atoms with Gasteiger partial charge in [0.2, 0.25) is 5.95 Å². The summed E-state index contributed by atoms with van der Waals surface area (Å²) in [5.74, 6) is 0.784. The highest BCUT2D eigenvalue weighted by atomic mass is 19.1. The summed E-state index contributed by atoms with van der Waals surface area (Å²) in [6, 6.07) is 11.4. The summed E-state index contributed by atoms with van der Waals surface area (Å²) in [7, 11) is 0. The number of aromatic nitrogens is 3. The first-order chi connectivity index (χ1) is 15.8. The summed E-state index contributed by atoms with van der Waals surface area (Å²) in [6.45, 7) is 4.59. The lowest BCUT2D eigenvalue weighted by atomic mass is 10.1. The average molecular weight is 448 g/mol. The molecule has 0 spiro atoms. The molecular weight excluding hydrogens is 421 g/mol. The minimum absolute atomic E-state index is 0.192. The number of benzene rings is 1. The van der Waals surface area contributed by atoms with Crippen LogP contribution in [0.5, 0.6) is 0 Å². The molecule has 2 aromatic heterocycles. The van der Waals surface area contributed by atoms with Crippen LogP contribution in [0.25, 0.3) is 0 Å². The average Bonchev–Trinajstić information content (AvgIpc) is 3.46. The molecule has 3 heterocycles. The number of rotatable bonds is 7. The lowest BCUT2D eigenvalue weighted by molar-refractivity contribution is 0.0951. The number of anilines is 4. The van der Waals surface area contributed by atoms with E-state index >= 15 is 0 Å². The Bertz CT molecular complexity index is 1200. The maximum Gasteiger partial charge on any atom is 0.256 e. The summed E-state index contributed by atoms with van der Waals surface area (Å²) in [6.07, 6.45) is 3.43. The van der Waals surface area contributed by atoms with E-state index in [1.54, 1.807) is 18.2 Å². The molecule has 5 rings (SSSR count). The Morgan fingerprint density at radius 3 is 2.70 bits per heavy atom. The Morgan fingerprint density at radius 1 is 1.09 bits per heavy atom. The molecule has 8 nitrogen and oxygen atoms in total. The predicted octanol–water partition coefficient (Wildman–Crippen LogP) is 4.06. The second-order valence-corrected chi connectivity index (χ2v) is 8.92. The van der Waals surface area contributed by atoms with Crippen molar-refractivity contribution in [2.45, 2.75) is 51.5 Å². The number of carbonyl (C=O) groups excluding carboxylic acids is 1. The van der Waals surface area contributed by atoms with E-state index < -0.39 is 5.67 Å². The highest BCUT2D eigenvalue weighted by Gasteiger charge is 2.26. The highest BCUT2D eigenvalue weighted by Crippen LogP contribution is 2.27. The second kappa shape index (κ2) is 8.40. The van der Waals surface area contributed by atoms with Crippen LogP contribution in [0, 0.1) is 0 Å². The zero-order valence-corrected chi connectivity index (χ0v) is 18.6. The van der Waals surface area contributed by atoms with Gasteiger partial charge in [-0.1, -0.05) is 12.1 Å². The molecule has 1 fully saturated rings. The van der Waals surface area contributed by atoms with Crippen molar-refractivity contribution in [1.82, 2.24) is 25.6 Å². The third-order valence-electron chi connectivity index (χ3n) is 5.64. The highest BCUT2D eigenvalue weighted by molar-refractivity contribution is 5.99. The van der Waals surface area contributed by atoms with Gasteiger partial charge in [0.1, 0.15) is 22.9 Å². The van der Waals surface area contributed by atoms with Crippen LogP contribution >= 0.6 is 0 Å². The fourth-order valence-electron chi connectivity index (χ4n) is 3.65. The van der Waals surface area contributed by atoms with Gasteiger partial charge in [0.15, 0.2) is 0 Å². The third-order valence-corrected chi connectivity index (χ3v) is 5.64. The van der Waals surface area contributed by atoms with E-state index in [4.69, 9.17) is 0 Å². The van der Waals surface area contributed by atoms with Gasteiger partial charge in [0.05, 0.1) is 5.69 Å².